The van der Waals surface area contributed by atoms with Gasteiger partial charge in [-0.15, -0.1) is 6.58 Å². The highest BCUT2D eigenvalue weighted by atomic mass is 16.5. The topological polar surface area (TPSA) is 64.6 Å². The first-order valence-electron chi connectivity index (χ1n) is 9.54. The van der Waals surface area contributed by atoms with E-state index in [0.29, 0.717) is 47.9 Å². The molecule has 1 N–H and O–H groups in total. The van der Waals surface area contributed by atoms with Crippen LogP contribution in [0.15, 0.2) is 55.1 Å². The van der Waals surface area contributed by atoms with Crippen LogP contribution in [0.2, 0.25) is 0 Å². The molecular weight excluding hydrogens is 354 g/mol. The summed E-state index contributed by atoms with van der Waals surface area (Å²) in [5.74, 6) is 0.598. The van der Waals surface area contributed by atoms with Crippen molar-refractivity contribution >= 4 is 11.7 Å². The van der Waals surface area contributed by atoms with Crippen molar-refractivity contribution in [3.63, 3.8) is 0 Å². The van der Waals surface area contributed by atoms with Gasteiger partial charge in [-0.05, 0) is 37.1 Å². The number of benzene rings is 2. The maximum Gasteiger partial charge on any atom is 0.252 e. The Morgan fingerprint density at radius 3 is 2.25 bits per heavy atom. The lowest BCUT2D eigenvalue weighted by atomic mass is 9.97. The van der Waals surface area contributed by atoms with E-state index in [2.05, 4.69) is 11.9 Å². The predicted molar refractivity (Wildman–Crippen MR) is 110 cm³/mol. The summed E-state index contributed by atoms with van der Waals surface area (Å²) in [6.07, 6.45) is 3.31. The molecule has 5 heteroatoms. The molecule has 0 aliphatic carbocycles. The Bertz CT molecular complexity index is 829. The quantitative estimate of drug-likeness (QED) is 0.462. The molecule has 0 radical (unpaired) electrons. The van der Waals surface area contributed by atoms with E-state index in [-0.39, 0.29) is 11.7 Å². The van der Waals surface area contributed by atoms with E-state index in [0.717, 1.165) is 12.8 Å². The molecule has 0 fully saturated rings. The van der Waals surface area contributed by atoms with Gasteiger partial charge in [-0.3, -0.25) is 9.59 Å². The van der Waals surface area contributed by atoms with Crippen LogP contribution in [0.1, 0.15) is 53.0 Å². The summed E-state index contributed by atoms with van der Waals surface area (Å²) in [5, 5.41) is 2.71. The minimum absolute atomic E-state index is 0.243. The summed E-state index contributed by atoms with van der Waals surface area (Å²) in [5.41, 5.74) is 1.11. The van der Waals surface area contributed by atoms with Gasteiger partial charge in [-0.25, -0.2) is 0 Å². The van der Waals surface area contributed by atoms with Crippen LogP contribution in [0.5, 0.6) is 11.5 Å². The third-order valence-corrected chi connectivity index (χ3v) is 3.95. The Labute approximate surface area is 166 Å². The molecule has 0 saturated heterocycles. The first kappa shape index (κ1) is 21.2. The lowest BCUT2D eigenvalue weighted by Gasteiger charge is -2.14. The van der Waals surface area contributed by atoms with Gasteiger partial charge in [-0.1, -0.05) is 38.1 Å². The molecule has 0 heterocycles. The summed E-state index contributed by atoms with van der Waals surface area (Å²) >= 11 is 0. The summed E-state index contributed by atoms with van der Waals surface area (Å²) in [4.78, 5) is 25.5. The maximum absolute atomic E-state index is 13.1. The van der Waals surface area contributed by atoms with Crippen molar-refractivity contribution in [2.75, 3.05) is 19.8 Å². The molecule has 1 amide bonds. The fourth-order valence-corrected chi connectivity index (χ4v) is 2.60. The molecule has 0 bridgehead atoms. The molecular formula is C23H27NO4. The van der Waals surface area contributed by atoms with Crippen LogP contribution < -0.4 is 14.8 Å². The SMILES string of the molecule is C=CCNC(=O)c1ccccc1C(=O)c1ccc(OCCC)c(OCCC)c1. The van der Waals surface area contributed by atoms with E-state index < -0.39 is 0 Å². The molecule has 0 spiro atoms. The Morgan fingerprint density at radius 1 is 0.964 bits per heavy atom. The average molecular weight is 381 g/mol. The molecule has 2 aromatic carbocycles. The highest BCUT2D eigenvalue weighted by Crippen LogP contribution is 2.30. The van der Waals surface area contributed by atoms with Crippen molar-refractivity contribution in [1.82, 2.24) is 5.32 Å². The number of carbonyl (C=O) groups excluding carboxylic acids is 2. The van der Waals surface area contributed by atoms with Gasteiger partial charge >= 0.3 is 0 Å². The van der Waals surface area contributed by atoms with Gasteiger partial charge in [0.1, 0.15) is 0 Å². The van der Waals surface area contributed by atoms with Crippen LogP contribution in [0.3, 0.4) is 0 Å². The van der Waals surface area contributed by atoms with E-state index in [9.17, 15) is 9.59 Å². The normalized spacial score (nSPS) is 10.2. The lowest BCUT2D eigenvalue weighted by Crippen LogP contribution is -2.25. The molecule has 2 rings (SSSR count). The van der Waals surface area contributed by atoms with Gasteiger partial charge in [0.15, 0.2) is 17.3 Å². The molecule has 0 aliphatic heterocycles. The zero-order valence-corrected chi connectivity index (χ0v) is 16.5. The number of carbonyl (C=O) groups is 2. The number of ketones is 1. The maximum atomic E-state index is 13.1. The molecule has 148 valence electrons. The molecule has 0 unspecified atom stereocenters. The lowest BCUT2D eigenvalue weighted by molar-refractivity contribution is 0.0946. The number of hydrogen-bond acceptors (Lipinski definition) is 4. The van der Waals surface area contributed by atoms with Gasteiger partial charge in [0.2, 0.25) is 0 Å². The molecule has 0 aromatic heterocycles. The monoisotopic (exact) mass is 381 g/mol. The molecule has 2 aromatic rings. The van der Waals surface area contributed by atoms with Gasteiger partial charge in [-0.2, -0.15) is 0 Å². The number of amides is 1. The molecule has 0 atom stereocenters. The fourth-order valence-electron chi connectivity index (χ4n) is 2.60. The van der Waals surface area contributed by atoms with Crippen molar-refractivity contribution in [3.8, 4) is 11.5 Å². The largest absolute Gasteiger partial charge is 0.490 e. The van der Waals surface area contributed by atoms with Crippen molar-refractivity contribution in [1.29, 1.82) is 0 Å². The van der Waals surface area contributed by atoms with Crippen molar-refractivity contribution < 1.29 is 19.1 Å². The molecule has 0 aliphatic rings. The summed E-state index contributed by atoms with van der Waals surface area (Å²) in [6, 6.07) is 11.9. The molecule has 28 heavy (non-hydrogen) atoms. The first-order chi connectivity index (χ1) is 13.6. The van der Waals surface area contributed by atoms with E-state index in [1.807, 2.05) is 13.8 Å². The Hall–Kier alpha value is -3.08. The second kappa shape index (κ2) is 10.9. The fraction of sp³-hybridized carbons (Fsp3) is 0.304. The van der Waals surface area contributed by atoms with E-state index in [1.54, 1.807) is 48.5 Å². The van der Waals surface area contributed by atoms with E-state index >= 15 is 0 Å². The van der Waals surface area contributed by atoms with E-state index in [4.69, 9.17) is 9.47 Å². The van der Waals surface area contributed by atoms with Crippen molar-refractivity contribution in [2.45, 2.75) is 26.7 Å². The van der Waals surface area contributed by atoms with Crippen LogP contribution in [0.4, 0.5) is 0 Å². The zero-order chi connectivity index (χ0) is 20.4. The molecule has 0 saturated carbocycles. The second-order valence-electron chi connectivity index (χ2n) is 6.23. The summed E-state index contributed by atoms with van der Waals surface area (Å²) in [6.45, 7) is 9.06. The number of rotatable bonds is 11. The van der Waals surface area contributed by atoms with Crippen molar-refractivity contribution in [2.24, 2.45) is 0 Å². The highest BCUT2D eigenvalue weighted by molar-refractivity contribution is 6.15. The number of ether oxygens (including phenoxy) is 2. The summed E-state index contributed by atoms with van der Waals surface area (Å²) in [7, 11) is 0. The smallest absolute Gasteiger partial charge is 0.252 e. The van der Waals surface area contributed by atoms with Crippen LogP contribution in [0, 0.1) is 0 Å². The zero-order valence-electron chi connectivity index (χ0n) is 16.5. The van der Waals surface area contributed by atoms with Gasteiger partial charge in [0, 0.05) is 17.7 Å². The third-order valence-electron chi connectivity index (χ3n) is 3.95. The predicted octanol–water partition coefficient (Wildman–Crippen LogP) is 4.41. The van der Waals surface area contributed by atoms with Crippen LogP contribution in [-0.2, 0) is 0 Å². The highest BCUT2D eigenvalue weighted by Gasteiger charge is 2.19. The number of hydrogen-bond donors (Lipinski definition) is 1. The minimum Gasteiger partial charge on any atom is -0.490 e. The Morgan fingerprint density at radius 2 is 1.61 bits per heavy atom. The standard InChI is InChI=1S/C23H27NO4/c1-4-13-24-23(26)19-10-8-7-9-18(19)22(25)17-11-12-20(27-14-5-2)21(16-17)28-15-6-3/h4,7-12,16H,1,5-6,13-15H2,2-3H3,(H,24,26). The first-order valence-corrected chi connectivity index (χ1v) is 9.54. The van der Waals surface area contributed by atoms with Gasteiger partial charge in [0.25, 0.3) is 5.91 Å². The Balaban J connectivity index is 2.35. The molecule has 5 nitrogen and oxygen atoms in total. The van der Waals surface area contributed by atoms with Crippen LogP contribution in [-0.4, -0.2) is 31.4 Å². The van der Waals surface area contributed by atoms with Gasteiger partial charge in [0.05, 0.1) is 18.8 Å². The average Bonchev–Trinajstić information content (AvgIpc) is 2.74. The number of nitrogens with one attached hydrogen (secondary N) is 1. The third kappa shape index (κ3) is 5.46. The second-order valence-corrected chi connectivity index (χ2v) is 6.23. The van der Waals surface area contributed by atoms with Gasteiger partial charge < -0.3 is 14.8 Å². The van der Waals surface area contributed by atoms with Crippen LogP contribution in [0.25, 0.3) is 0 Å². The minimum atomic E-state index is -0.311. The van der Waals surface area contributed by atoms with Crippen molar-refractivity contribution in [3.05, 3.63) is 71.8 Å². The van der Waals surface area contributed by atoms with E-state index in [1.165, 1.54) is 0 Å². The Kier molecular flexibility index (Phi) is 8.28. The van der Waals surface area contributed by atoms with Crippen LogP contribution >= 0.6 is 0 Å². The summed E-state index contributed by atoms with van der Waals surface area (Å²) < 4.78 is 11.5.